The van der Waals surface area contributed by atoms with Crippen molar-refractivity contribution in [3.05, 3.63) is 23.8 Å². The molecule has 17 heavy (non-hydrogen) atoms. The van der Waals surface area contributed by atoms with E-state index in [1.54, 1.807) is 12.1 Å². The molecular formula is C13H15NO3. The molecule has 2 aliphatic rings. The standard InChI is InChI=1S/C13H15NO3/c14-9-4-3-8-5-10(13(15)16)12(7-1-2-7)17-11(8)6-9/h3-4,6-7,10,12H,1-2,5,14H2,(H,15,16). The van der Waals surface area contributed by atoms with Gasteiger partial charge in [-0.2, -0.15) is 0 Å². The van der Waals surface area contributed by atoms with Gasteiger partial charge in [0.15, 0.2) is 0 Å². The zero-order chi connectivity index (χ0) is 12.0. The van der Waals surface area contributed by atoms with Gasteiger partial charge < -0.3 is 15.6 Å². The number of hydrogen-bond acceptors (Lipinski definition) is 3. The molecule has 0 bridgehead atoms. The Kier molecular flexibility index (Phi) is 2.24. The number of carboxylic acids is 1. The highest BCUT2D eigenvalue weighted by atomic mass is 16.5. The molecule has 90 valence electrons. The van der Waals surface area contributed by atoms with Gasteiger partial charge in [0.25, 0.3) is 0 Å². The molecule has 0 radical (unpaired) electrons. The van der Waals surface area contributed by atoms with Gasteiger partial charge in [0.05, 0.1) is 5.92 Å². The van der Waals surface area contributed by atoms with Crippen molar-refractivity contribution in [1.82, 2.24) is 0 Å². The Morgan fingerprint density at radius 3 is 2.82 bits per heavy atom. The molecule has 4 heteroatoms. The number of aliphatic carboxylic acids is 1. The van der Waals surface area contributed by atoms with E-state index in [4.69, 9.17) is 10.5 Å². The van der Waals surface area contributed by atoms with Crippen LogP contribution in [0.4, 0.5) is 5.69 Å². The Morgan fingerprint density at radius 1 is 1.41 bits per heavy atom. The molecule has 1 aromatic carbocycles. The molecule has 0 saturated heterocycles. The number of carbonyl (C=O) groups is 1. The summed E-state index contributed by atoms with van der Waals surface area (Å²) >= 11 is 0. The summed E-state index contributed by atoms with van der Waals surface area (Å²) in [5, 5.41) is 9.26. The summed E-state index contributed by atoms with van der Waals surface area (Å²) in [6.45, 7) is 0. The fraction of sp³-hybridized carbons (Fsp3) is 0.462. The van der Waals surface area contributed by atoms with Gasteiger partial charge in [0.1, 0.15) is 11.9 Å². The van der Waals surface area contributed by atoms with Gasteiger partial charge in [-0.05, 0) is 36.8 Å². The molecule has 3 N–H and O–H groups in total. The zero-order valence-corrected chi connectivity index (χ0v) is 9.43. The first kappa shape index (κ1) is 10.4. The zero-order valence-electron chi connectivity index (χ0n) is 9.43. The van der Waals surface area contributed by atoms with Crippen LogP contribution >= 0.6 is 0 Å². The molecule has 0 amide bonds. The van der Waals surface area contributed by atoms with Gasteiger partial charge in [-0.15, -0.1) is 0 Å². The number of hydrogen-bond donors (Lipinski definition) is 2. The van der Waals surface area contributed by atoms with E-state index in [-0.39, 0.29) is 6.10 Å². The maximum absolute atomic E-state index is 11.3. The number of carboxylic acid groups (broad SMARTS) is 1. The van der Waals surface area contributed by atoms with Crippen molar-refractivity contribution in [2.75, 3.05) is 5.73 Å². The molecule has 3 rings (SSSR count). The van der Waals surface area contributed by atoms with Crippen LogP contribution in [0.15, 0.2) is 18.2 Å². The fourth-order valence-corrected chi connectivity index (χ4v) is 2.51. The lowest BCUT2D eigenvalue weighted by atomic mass is 9.88. The van der Waals surface area contributed by atoms with Crippen LogP contribution in [-0.2, 0) is 11.2 Å². The van der Waals surface area contributed by atoms with Crippen LogP contribution in [0.3, 0.4) is 0 Å². The minimum absolute atomic E-state index is 0.179. The van der Waals surface area contributed by atoms with Crippen molar-refractivity contribution < 1.29 is 14.6 Å². The highest BCUT2D eigenvalue weighted by molar-refractivity contribution is 5.72. The van der Waals surface area contributed by atoms with Crippen LogP contribution in [0, 0.1) is 11.8 Å². The summed E-state index contributed by atoms with van der Waals surface area (Å²) in [6, 6.07) is 5.45. The van der Waals surface area contributed by atoms with E-state index in [1.165, 1.54) is 0 Å². The number of nitrogen functional groups attached to an aromatic ring is 1. The smallest absolute Gasteiger partial charge is 0.310 e. The van der Waals surface area contributed by atoms with Crippen LogP contribution < -0.4 is 10.5 Å². The van der Waals surface area contributed by atoms with E-state index in [0.29, 0.717) is 18.0 Å². The predicted octanol–water partition coefficient (Wildman–Crippen LogP) is 1.68. The Hall–Kier alpha value is -1.71. The normalized spacial score (nSPS) is 27.1. The monoisotopic (exact) mass is 233 g/mol. The molecule has 0 spiro atoms. The summed E-state index contributed by atoms with van der Waals surface area (Å²) in [4.78, 5) is 11.3. The molecule has 1 aliphatic heterocycles. The van der Waals surface area contributed by atoms with E-state index in [2.05, 4.69) is 0 Å². The van der Waals surface area contributed by atoms with E-state index < -0.39 is 11.9 Å². The molecule has 1 fully saturated rings. The quantitative estimate of drug-likeness (QED) is 0.762. The van der Waals surface area contributed by atoms with Gasteiger partial charge in [-0.25, -0.2) is 0 Å². The summed E-state index contributed by atoms with van der Waals surface area (Å²) in [7, 11) is 0. The maximum atomic E-state index is 11.3. The van der Waals surface area contributed by atoms with Crippen LogP contribution in [-0.4, -0.2) is 17.2 Å². The predicted molar refractivity (Wildman–Crippen MR) is 62.8 cm³/mol. The van der Waals surface area contributed by atoms with Crippen LogP contribution in [0.2, 0.25) is 0 Å². The average Bonchev–Trinajstić information content (AvgIpc) is 3.10. The maximum Gasteiger partial charge on any atom is 0.310 e. The summed E-state index contributed by atoms with van der Waals surface area (Å²) in [6.07, 6.45) is 2.52. The Bertz CT molecular complexity index is 468. The Labute approximate surface area is 99.4 Å². The first-order valence-electron chi connectivity index (χ1n) is 5.93. The molecule has 1 aromatic rings. The van der Waals surface area contributed by atoms with Crippen molar-refractivity contribution in [3.63, 3.8) is 0 Å². The van der Waals surface area contributed by atoms with Gasteiger partial charge in [0.2, 0.25) is 0 Å². The average molecular weight is 233 g/mol. The van der Waals surface area contributed by atoms with Crippen molar-refractivity contribution in [2.24, 2.45) is 11.8 Å². The van der Waals surface area contributed by atoms with Gasteiger partial charge in [-0.1, -0.05) is 6.07 Å². The Morgan fingerprint density at radius 2 is 2.18 bits per heavy atom. The minimum atomic E-state index is -0.760. The highest BCUT2D eigenvalue weighted by Crippen LogP contribution is 2.43. The largest absolute Gasteiger partial charge is 0.489 e. The van der Waals surface area contributed by atoms with Crippen molar-refractivity contribution in [1.29, 1.82) is 0 Å². The van der Waals surface area contributed by atoms with E-state index in [1.807, 2.05) is 6.07 Å². The summed E-state index contributed by atoms with van der Waals surface area (Å²) in [5.74, 6) is -0.00641. The molecular weight excluding hydrogens is 218 g/mol. The van der Waals surface area contributed by atoms with E-state index in [0.717, 1.165) is 24.2 Å². The van der Waals surface area contributed by atoms with Gasteiger partial charge in [0, 0.05) is 11.8 Å². The van der Waals surface area contributed by atoms with E-state index in [9.17, 15) is 9.90 Å². The van der Waals surface area contributed by atoms with Crippen LogP contribution in [0.5, 0.6) is 5.75 Å². The fourth-order valence-electron chi connectivity index (χ4n) is 2.51. The third kappa shape index (κ3) is 1.84. The molecule has 2 atom stereocenters. The lowest BCUT2D eigenvalue weighted by Gasteiger charge is -2.31. The summed E-state index contributed by atoms with van der Waals surface area (Å²) in [5.41, 5.74) is 7.32. The van der Waals surface area contributed by atoms with Gasteiger partial charge >= 0.3 is 5.97 Å². The van der Waals surface area contributed by atoms with Crippen molar-refractivity contribution in [3.8, 4) is 5.75 Å². The number of anilines is 1. The Balaban J connectivity index is 1.94. The molecule has 1 aliphatic carbocycles. The molecule has 1 heterocycles. The topological polar surface area (TPSA) is 72.5 Å². The number of benzene rings is 1. The van der Waals surface area contributed by atoms with E-state index >= 15 is 0 Å². The second-order valence-electron chi connectivity index (χ2n) is 4.94. The first-order chi connectivity index (χ1) is 8.15. The number of ether oxygens (including phenoxy) is 1. The number of fused-ring (bicyclic) bond motifs is 1. The minimum Gasteiger partial charge on any atom is -0.489 e. The third-order valence-corrected chi connectivity index (χ3v) is 3.59. The second kappa shape index (κ2) is 3.65. The highest BCUT2D eigenvalue weighted by Gasteiger charge is 2.44. The first-order valence-corrected chi connectivity index (χ1v) is 5.93. The van der Waals surface area contributed by atoms with Crippen molar-refractivity contribution >= 4 is 11.7 Å². The third-order valence-electron chi connectivity index (χ3n) is 3.59. The number of nitrogens with two attached hydrogens (primary N) is 1. The number of rotatable bonds is 2. The summed E-state index contributed by atoms with van der Waals surface area (Å²) < 4.78 is 5.85. The lowest BCUT2D eigenvalue weighted by molar-refractivity contribution is -0.146. The molecule has 0 aromatic heterocycles. The molecule has 4 nitrogen and oxygen atoms in total. The molecule has 1 saturated carbocycles. The van der Waals surface area contributed by atoms with Gasteiger partial charge in [-0.3, -0.25) is 4.79 Å². The second-order valence-corrected chi connectivity index (χ2v) is 4.94. The SMILES string of the molecule is Nc1ccc2c(c1)OC(C1CC1)C(C(=O)O)C2. The molecule has 2 unspecified atom stereocenters. The lowest BCUT2D eigenvalue weighted by Crippen LogP contribution is -2.39. The van der Waals surface area contributed by atoms with Crippen LogP contribution in [0.25, 0.3) is 0 Å². The van der Waals surface area contributed by atoms with Crippen molar-refractivity contribution in [2.45, 2.75) is 25.4 Å². The van der Waals surface area contributed by atoms with Crippen LogP contribution in [0.1, 0.15) is 18.4 Å².